The Morgan fingerprint density at radius 2 is 1.90 bits per heavy atom. The summed E-state index contributed by atoms with van der Waals surface area (Å²) in [4.78, 5) is 24.0. The van der Waals surface area contributed by atoms with Crippen molar-refractivity contribution in [2.24, 2.45) is 0 Å². The van der Waals surface area contributed by atoms with Crippen molar-refractivity contribution in [1.82, 2.24) is 14.9 Å². The van der Waals surface area contributed by atoms with Crippen LogP contribution in [-0.4, -0.2) is 27.8 Å². The lowest BCUT2D eigenvalue weighted by Gasteiger charge is -2.24. The number of aryl methyl sites for hydroxylation is 1. The minimum Gasteiger partial charge on any atom is -0.486 e. The average Bonchev–Trinajstić information content (AvgIpc) is 3.36. The van der Waals surface area contributed by atoms with E-state index in [1.807, 2.05) is 61.7 Å². The first-order valence-electron chi connectivity index (χ1n) is 9.28. The van der Waals surface area contributed by atoms with E-state index in [0.717, 1.165) is 25.9 Å². The lowest BCUT2D eigenvalue weighted by atomic mass is 10.1. The molecule has 1 atom stereocenters. The first-order chi connectivity index (χ1) is 14.0. The number of thiazole rings is 2. The molecule has 2 heterocycles. The molecule has 0 saturated heterocycles. The van der Waals surface area contributed by atoms with Crippen LogP contribution in [-0.2, 0) is 6.61 Å². The number of aromatic nitrogens is 2. The first kappa shape index (κ1) is 19.5. The first-order valence-corrected chi connectivity index (χ1v) is 11.0. The van der Waals surface area contributed by atoms with Crippen molar-refractivity contribution in [3.8, 4) is 5.75 Å². The number of rotatable bonds is 6. The molecule has 0 radical (unpaired) electrons. The SMILES string of the molecule is Cc1nc(COc2ccccc2C(=O)N(C)C(C)c2nc3ccccc3s2)cs1. The monoisotopic (exact) mass is 423 g/mol. The number of nitrogens with zero attached hydrogens (tertiary/aromatic N) is 3. The summed E-state index contributed by atoms with van der Waals surface area (Å²) in [6.45, 7) is 4.30. The van der Waals surface area contributed by atoms with E-state index >= 15 is 0 Å². The lowest BCUT2D eigenvalue weighted by Crippen LogP contribution is -2.30. The minimum atomic E-state index is -0.144. The van der Waals surface area contributed by atoms with Crippen molar-refractivity contribution >= 4 is 38.8 Å². The van der Waals surface area contributed by atoms with Crippen LogP contribution in [0.2, 0.25) is 0 Å². The zero-order valence-electron chi connectivity index (χ0n) is 16.5. The molecule has 2 aromatic carbocycles. The molecule has 1 unspecified atom stereocenters. The lowest BCUT2D eigenvalue weighted by molar-refractivity contribution is 0.0737. The van der Waals surface area contributed by atoms with E-state index in [4.69, 9.17) is 9.72 Å². The van der Waals surface area contributed by atoms with E-state index in [9.17, 15) is 4.79 Å². The van der Waals surface area contributed by atoms with E-state index in [-0.39, 0.29) is 11.9 Å². The van der Waals surface area contributed by atoms with Crippen molar-refractivity contribution in [1.29, 1.82) is 0 Å². The number of benzene rings is 2. The smallest absolute Gasteiger partial charge is 0.257 e. The minimum absolute atomic E-state index is 0.0955. The highest BCUT2D eigenvalue weighted by atomic mass is 32.1. The van der Waals surface area contributed by atoms with Crippen LogP contribution in [0.3, 0.4) is 0 Å². The van der Waals surface area contributed by atoms with Crippen molar-refractivity contribution in [3.05, 3.63) is 75.2 Å². The molecule has 1 amide bonds. The zero-order valence-corrected chi connectivity index (χ0v) is 18.1. The highest BCUT2D eigenvalue weighted by Gasteiger charge is 2.24. The number of hydrogen-bond acceptors (Lipinski definition) is 6. The Morgan fingerprint density at radius 1 is 1.14 bits per heavy atom. The standard InChI is InChI=1S/C22H21N3O2S2/c1-14(21-24-18-9-5-7-11-20(18)29-21)25(3)22(26)17-8-4-6-10-19(17)27-12-16-13-28-15(2)23-16/h4-11,13-14H,12H2,1-3H3. The van der Waals surface area contributed by atoms with Gasteiger partial charge in [-0.05, 0) is 38.1 Å². The van der Waals surface area contributed by atoms with Crippen molar-refractivity contribution < 1.29 is 9.53 Å². The fourth-order valence-electron chi connectivity index (χ4n) is 3.00. The van der Waals surface area contributed by atoms with E-state index < -0.39 is 0 Å². The van der Waals surface area contributed by atoms with Crippen molar-refractivity contribution in [2.45, 2.75) is 26.5 Å². The van der Waals surface area contributed by atoms with E-state index in [2.05, 4.69) is 4.98 Å². The number of hydrogen-bond donors (Lipinski definition) is 0. The summed E-state index contributed by atoms with van der Waals surface area (Å²) >= 11 is 3.20. The van der Waals surface area contributed by atoms with E-state index in [0.29, 0.717) is 17.9 Å². The molecule has 148 valence electrons. The maximum Gasteiger partial charge on any atom is 0.257 e. The third-order valence-electron chi connectivity index (χ3n) is 4.73. The summed E-state index contributed by atoms with van der Waals surface area (Å²) in [6.07, 6.45) is 0. The third kappa shape index (κ3) is 4.16. The third-order valence-corrected chi connectivity index (χ3v) is 6.76. The summed E-state index contributed by atoms with van der Waals surface area (Å²) in [5.41, 5.74) is 2.36. The van der Waals surface area contributed by atoms with Crippen LogP contribution in [0.15, 0.2) is 53.9 Å². The Hall–Kier alpha value is -2.77. The molecule has 0 aliphatic heterocycles. The maximum absolute atomic E-state index is 13.2. The topological polar surface area (TPSA) is 55.3 Å². The molecule has 0 fully saturated rings. The van der Waals surface area contributed by atoms with Crippen molar-refractivity contribution in [3.63, 3.8) is 0 Å². The highest BCUT2D eigenvalue weighted by molar-refractivity contribution is 7.18. The molecule has 2 aromatic heterocycles. The second kappa shape index (κ2) is 8.31. The van der Waals surface area contributed by atoms with Gasteiger partial charge in [0.25, 0.3) is 5.91 Å². The summed E-state index contributed by atoms with van der Waals surface area (Å²) in [5.74, 6) is 0.466. The summed E-state index contributed by atoms with van der Waals surface area (Å²) < 4.78 is 7.05. The molecular weight excluding hydrogens is 402 g/mol. The second-order valence-corrected chi connectivity index (χ2v) is 8.88. The molecule has 0 saturated carbocycles. The second-order valence-electron chi connectivity index (χ2n) is 6.75. The van der Waals surface area contributed by atoms with Gasteiger partial charge in [-0.15, -0.1) is 22.7 Å². The van der Waals surface area contributed by atoms with E-state index in [1.54, 1.807) is 40.7 Å². The zero-order chi connectivity index (χ0) is 20.4. The van der Waals surface area contributed by atoms with Gasteiger partial charge in [0, 0.05) is 12.4 Å². The molecule has 0 N–H and O–H groups in total. The molecule has 5 nitrogen and oxygen atoms in total. The predicted octanol–water partition coefficient (Wildman–Crippen LogP) is 5.47. The van der Waals surface area contributed by atoms with Gasteiger partial charge in [0.2, 0.25) is 0 Å². The van der Waals surface area contributed by atoms with Gasteiger partial charge in [-0.3, -0.25) is 4.79 Å². The Kier molecular flexibility index (Phi) is 5.60. The number of fused-ring (bicyclic) bond motifs is 1. The molecule has 0 aliphatic carbocycles. The largest absolute Gasteiger partial charge is 0.486 e. The van der Waals surface area contributed by atoms with Gasteiger partial charge in [-0.1, -0.05) is 24.3 Å². The van der Waals surface area contributed by atoms with Crippen LogP contribution < -0.4 is 4.74 Å². The van der Waals surface area contributed by atoms with Gasteiger partial charge in [0.1, 0.15) is 17.4 Å². The van der Waals surface area contributed by atoms with Crippen LogP contribution in [0.25, 0.3) is 10.2 Å². The van der Waals surface area contributed by atoms with Gasteiger partial charge < -0.3 is 9.64 Å². The average molecular weight is 424 g/mol. The Labute approximate surface area is 177 Å². The van der Waals surface area contributed by atoms with Crippen LogP contribution >= 0.6 is 22.7 Å². The molecule has 4 rings (SSSR count). The van der Waals surface area contributed by atoms with Gasteiger partial charge in [-0.2, -0.15) is 0 Å². The van der Waals surface area contributed by atoms with Gasteiger partial charge in [0.15, 0.2) is 0 Å². The summed E-state index contributed by atoms with van der Waals surface area (Å²) in [5, 5.41) is 3.89. The van der Waals surface area contributed by atoms with E-state index in [1.165, 1.54) is 0 Å². The number of amides is 1. The van der Waals surface area contributed by atoms with Gasteiger partial charge >= 0.3 is 0 Å². The number of carbonyl (C=O) groups is 1. The van der Waals surface area contributed by atoms with Crippen molar-refractivity contribution in [2.75, 3.05) is 7.05 Å². The van der Waals surface area contributed by atoms with Gasteiger partial charge in [0.05, 0.1) is 32.5 Å². The van der Waals surface area contributed by atoms with Crippen LogP contribution in [0.5, 0.6) is 5.75 Å². The van der Waals surface area contributed by atoms with Crippen LogP contribution in [0.4, 0.5) is 0 Å². The molecule has 29 heavy (non-hydrogen) atoms. The molecule has 7 heteroatoms. The highest BCUT2D eigenvalue weighted by Crippen LogP contribution is 2.31. The Bertz CT molecular complexity index is 1120. The normalized spacial score (nSPS) is 12.1. The summed E-state index contributed by atoms with van der Waals surface area (Å²) in [7, 11) is 1.81. The number of carbonyl (C=O) groups excluding carboxylic acids is 1. The molecule has 0 spiro atoms. The quantitative estimate of drug-likeness (QED) is 0.412. The predicted molar refractivity (Wildman–Crippen MR) is 118 cm³/mol. The summed E-state index contributed by atoms with van der Waals surface area (Å²) in [6, 6.07) is 15.2. The molecular formula is C22H21N3O2S2. The van der Waals surface area contributed by atoms with Crippen LogP contribution in [0.1, 0.15) is 39.0 Å². The number of para-hydroxylation sites is 2. The molecule has 0 bridgehead atoms. The van der Waals surface area contributed by atoms with Gasteiger partial charge in [-0.25, -0.2) is 9.97 Å². The molecule has 4 aromatic rings. The molecule has 0 aliphatic rings. The maximum atomic E-state index is 13.2. The Morgan fingerprint density at radius 3 is 2.66 bits per heavy atom. The fraction of sp³-hybridized carbons (Fsp3) is 0.227. The Balaban J connectivity index is 1.53. The van der Waals surface area contributed by atoms with Crippen LogP contribution in [0, 0.1) is 6.92 Å². The number of ether oxygens (including phenoxy) is 1. The fourth-order valence-corrected chi connectivity index (χ4v) is 4.66.